The summed E-state index contributed by atoms with van der Waals surface area (Å²) in [6.07, 6.45) is 44.4. The van der Waals surface area contributed by atoms with Crippen LogP contribution in [-0.4, -0.2) is 81.0 Å². The maximum absolute atomic E-state index is 6.26. The van der Waals surface area contributed by atoms with Crippen LogP contribution >= 0.6 is 34.0 Å². The van der Waals surface area contributed by atoms with Crippen molar-refractivity contribution in [2.75, 3.05) is 0 Å². The molecule has 0 aliphatic rings. The Morgan fingerprint density at radius 3 is 0.646 bits per heavy atom. The molecule has 144 heavy (non-hydrogen) atoms. The number of aromatic amines is 3. The third-order valence-corrected chi connectivity index (χ3v) is 34.9. The number of aromatic nitrogens is 18. The van der Waals surface area contributed by atoms with Gasteiger partial charge in [-0.3, -0.25) is 0 Å². The van der Waals surface area contributed by atoms with Gasteiger partial charge < -0.3 is 94.2 Å². The van der Waals surface area contributed by atoms with Crippen LogP contribution < -0.4 is 0 Å². The number of rotatable bonds is 0. The fourth-order valence-electron chi connectivity index (χ4n) is 26.8. The Balaban J connectivity index is 0.0000000789. The molecule has 0 bridgehead atoms. The second kappa shape index (κ2) is 25.9. The van der Waals surface area contributed by atoms with Crippen LogP contribution in [0.2, 0.25) is 0 Å². The first-order chi connectivity index (χ1) is 71.6. The summed E-state index contributed by atoms with van der Waals surface area (Å²) >= 11 is 5.59. The predicted octanol–water partition coefficient (Wildman–Crippen LogP) is 31.7. The largest absolute Gasteiger partial charge is 0.463 e. The Kier molecular flexibility index (Phi) is 13.3. The first-order valence-electron chi connectivity index (χ1n) is 48.3. The van der Waals surface area contributed by atoms with Crippen molar-refractivity contribution in [3.8, 4) is 0 Å². The van der Waals surface area contributed by atoms with Gasteiger partial charge in [-0.1, -0.05) is 0 Å². The number of benzene rings is 4. The van der Waals surface area contributed by atoms with E-state index in [0.29, 0.717) is 0 Å². The van der Waals surface area contributed by atoms with E-state index in [2.05, 4.69) is 445 Å². The summed E-state index contributed by atoms with van der Waals surface area (Å²) in [5.74, 6) is 0. The lowest BCUT2D eigenvalue weighted by Crippen LogP contribution is -2.05. The standard InChI is InChI=1S/2C30H18N6.C30H15N3O3.C30H15N3S3/c1-7-19-25-28(34-16-4-10-22(34)31(19)13-1)26-20-8-2-15-33(20)24-12-6-18-36(24)30(26)27-21-9-3-14-32(21)23-11-5-17-35(23)29(25)27;1-4-19-16-7-10-31-25(16)22-28(34(19)13-1)23-26-17(8-11-32-26)20-5-2-15-36(20)30(23)24-27-18(9-12-33-27)21-6-3-14-35(21)29(22)24;2*1-4-19-16-7-13-34-28(16)22-25(31(19)10-1)23-27(33-12-2-5-20(33)17-8-14-35-29(17)23)24-26(22)32-11-3-6-21(32)18-9-15-36-30(18)24/h1-18H;1-15,31-33H;2*1-15H. The van der Waals surface area contributed by atoms with Gasteiger partial charge in [0.1, 0.15) is 33.7 Å². The van der Waals surface area contributed by atoms with E-state index in [1.165, 1.54) is 194 Å². The number of hydrogen-bond acceptors (Lipinski definition) is 6. The molecule has 36 heterocycles. The molecule has 0 unspecified atom stereocenters. The van der Waals surface area contributed by atoms with E-state index in [4.69, 9.17) is 13.3 Å². The number of pyridine rings is 9. The number of hydrogen-bond donors (Lipinski definition) is 3. The molecule has 0 spiro atoms. The Hall–Kier alpha value is -19.1. The van der Waals surface area contributed by atoms with Gasteiger partial charge in [-0.15, -0.1) is 34.0 Å². The number of nitrogens with zero attached hydrogens (tertiary/aromatic N) is 15. The first kappa shape index (κ1) is 74.0. The van der Waals surface area contributed by atoms with E-state index in [9.17, 15) is 0 Å². The van der Waals surface area contributed by atoms with Gasteiger partial charge in [-0.05, 0) is 253 Å². The molecular weight excluding hydrogens is 1840 g/mol. The van der Waals surface area contributed by atoms with Crippen molar-refractivity contribution in [3.05, 3.63) is 383 Å². The van der Waals surface area contributed by atoms with Gasteiger partial charge in [0.05, 0.1) is 184 Å². The van der Waals surface area contributed by atoms with E-state index in [1.807, 2.05) is 34.0 Å². The molecule has 21 nitrogen and oxygen atoms in total. The quantitative estimate of drug-likeness (QED) is 0.130. The van der Waals surface area contributed by atoms with Crippen molar-refractivity contribution < 1.29 is 13.3 Å². The Bertz CT molecular complexity index is 9640. The van der Waals surface area contributed by atoms with Crippen LogP contribution in [0.5, 0.6) is 0 Å². The third-order valence-electron chi connectivity index (χ3n) is 32.1. The molecule has 0 amide bonds. The SMILES string of the molecule is c1cc2c3c(c4c5cccn5c5cccn5c4c4c5cccn5c5cccn5c34)n3cccc3n2c1.c1cc2c3cc[nH]c3c3c(c4c5[nH]ccc5c5cccn5c4c4c5[nH]ccc5c5cccn5c34)n2c1.c1cc2c3ccoc3c3c(c4c5occc5c5cccn5c4c4c5occc5c5cccn5c34)n2c1.c1cc2c3ccsc3c3c(c4c5sccc5c5cccn5c4c4c5sccc5c5cccn5c34)n2c1. The molecule has 0 atom stereocenters. The molecule has 0 saturated heterocycles. The van der Waals surface area contributed by atoms with Gasteiger partial charge in [-0.2, -0.15) is 0 Å². The maximum atomic E-state index is 6.26. The topological polar surface area (TPSA) is 153 Å². The van der Waals surface area contributed by atoms with Gasteiger partial charge in [0.25, 0.3) is 0 Å². The molecule has 0 fully saturated rings. The van der Waals surface area contributed by atoms with Gasteiger partial charge in [-0.25, -0.2) is 0 Å². The number of nitrogens with one attached hydrogen (secondary N) is 3. The van der Waals surface area contributed by atoms with Crippen LogP contribution in [0.25, 0.3) is 310 Å². The molecule has 4 aromatic carbocycles. The van der Waals surface area contributed by atoms with Crippen molar-refractivity contribution >= 4 is 344 Å². The second-order valence-electron chi connectivity index (χ2n) is 38.3. The van der Waals surface area contributed by atoms with Crippen molar-refractivity contribution in [1.82, 2.24) is 81.0 Å². The first-order valence-corrected chi connectivity index (χ1v) is 50.9. The minimum absolute atomic E-state index is 0.858. The molecule has 0 aliphatic heterocycles. The Morgan fingerprint density at radius 1 is 0.167 bits per heavy atom. The van der Waals surface area contributed by atoms with E-state index in [-0.39, 0.29) is 0 Å². The van der Waals surface area contributed by atoms with Gasteiger partial charge in [0.15, 0.2) is 0 Å². The van der Waals surface area contributed by atoms with Crippen LogP contribution in [0.1, 0.15) is 0 Å². The van der Waals surface area contributed by atoms with Crippen molar-refractivity contribution in [1.29, 1.82) is 0 Å². The van der Waals surface area contributed by atoms with E-state index >= 15 is 0 Å². The van der Waals surface area contributed by atoms with Crippen LogP contribution in [-0.2, 0) is 0 Å². The fraction of sp³-hybridized carbons (Fsp3) is 0. The lowest BCUT2D eigenvalue weighted by atomic mass is 9.98. The average molecular weight is 1900 g/mol. The molecule has 24 heteroatoms. The maximum Gasteiger partial charge on any atom is 0.147 e. The molecule has 40 rings (SSSR count). The zero-order valence-corrected chi connectivity index (χ0v) is 78.0. The second-order valence-corrected chi connectivity index (χ2v) is 41.1. The highest BCUT2D eigenvalue weighted by Gasteiger charge is 2.33. The molecule has 0 saturated carbocycles. The molecule has 0 aliphatic carbocycles. The summed E-state index contributed by atoms with van der Waals surface area (Å²) in [5.41, 5.74) is 38.3. The Labute approximate surface area is 815 Å². The lowest BCUT2D eigenvalue weighted by Gasteiger charge is -2.20. The normalized spacial score (nSPS) is 13.0. The monoisotopic (exact) mass is 1900 g/mol. The zero-order chi connectivity index (χ0) is 92.5. The van der Waals surface area contributed by atoms with Crippen molar-refractivity contribution in [2.45, 2.75) is 0 Å². The molecule has 40 aromatic rings. The molecule has 36 aromatic heterocycles. The average Bonchev–Trinajstić information content (AvgIpc) is 1.51. The highest BCUT2D eigenvalue weighted by Crippen LogP contribution is 2.55. The van der Waals surface area contributed by atoms with Gasteiger partial charge >= 0.3 is 0 Å². The highest BCUT2D eigenvalue weighted by atomic mass is 32.1. The van der Waals surface area contributed by atoms with E-state index in [0.717, 1.165) is 116 Å². The highest BCUT2D eigenvalue weighted by molar-refractivity contribution is 7.20. The molecule has 0 radical (unpaired) electrons. The number of furan rings is 3. The number of H-pyrrole nitrogens is 3. The van der Waals surface area contributed by atoms with Crippen LogP contribution in [0.4, 0.5) is 0 Å². The zero-order valence-electron chi connectivity index (χ0n) is 75.5. The van der Waals surface area contributed by atoms with Crippen LogP contribution in [0, 0.1) is 0 Å². The smallest absolute Gasteiger partial charge is 0.147 e. The summed E-state index contributed by atoms with van der Waals surface area (Å²) < 4.78 is 58.2. The lowest BCUT2D eigenvalue weighted by molar-refractivity contribution is 0.618. The molecule has 672 valence electrons. The van der Waals surface area contributed by atoms with Gasteiger partial charge in [0.2, 0.25) is 0 Å². The predicted molar refractivity (Wildman–Crippen MR) is 591 cm³/mol. The number of fused-ring (bicyclic) bond motifs is 84. The van der Waals surface area contributed by atoms with Gasteiger partial charge in [0, 0.05) is 223 Å². The molecule has 3 N–H and O–H groups in total. The minimum atomic E-state index is 0.858. The summed E-state index contributed by atoms with van der Waals surface area (Å²) in [6, 6.07) is 85.0. The van der Waals surface area contributed by atoms with Crippen LogP contribution in [0.3, 0.4) is 0 Å². The van der Waals surface area contributed by atoms with Crippen molar-refractivity contribution in [3.63, 3.8) is 0 Å². The number of thiophene rings is 3. The fourth-order valence-corrected chi connectivity index (χ4v) is 29.7. The van der Waals surface area contributed by atoms with Crippen LogP contribution in [0.15, 0.2) is 396 Å². The van der Waals surface area contributed by atoms with E-state index < -0.39 is 0 Å². The summed E-state index contributed by atoms with van der Waals surface area (Å²) in [7, 11) is 0. The summed E-state index contributed by atoms with van der Waals surface area (Å²) in [4.78, 5) is 10.9. The summed E-state index contributed by atoms with van der Waals surface area (Å²) in [5, 5.41) is 32.2. The van der Waals surface area contributed by atoms with Crippen molar-refractivity contribution in [2.24, 2.45) is 0 Å². The van der Waals surface area contributed by atoms with E-state index in [1.54, 1.807) is 18.8 Å². The summed E-state index contributed by atoms with van der Waals surface area (Å²) in [6.45, 7) is 0. The minimum Gasteiger partial charge on any atom is -0.463 e. The third kappa shape index (κ3) is 8.59. The molecular formula is C120H66N18O3S3. The Morgan fingerprint density at radius 2 is 0.375 bits per heavy atom.